The molecule has 0 saturated heterocycles. The van der Waals surface area contributed by atoms with Gasteiger partial charge in [0.2, 0.25) is 10.0 Å². The van der Waals surface area contributed by atoms with Crippen LogP contribution in [0.2, 0.25) is 0 Å². The number of hydrogen-bond donors (Lipinski definition) is 1. The van der Waals surface area contributed by atoms with Crippen molar-refractivity contribution in [2.75, 3.05) is 18.9 Å². The van der Waals surface area contributed by atoms with Crippen LogP contribution < -0.4 is 9.46 Å². The van der Waals surface area contributed by atoms with E-state index in [0.717, 1.165) is 12.8 Å². The highest BCUT2D eigenvalue weighted by Gasteiger charge is 2.34. The zero-order valence-corrected chi connectivity index (χ0v) is 21.5. The summed E-state index contributed by atoms with van der Waals surface area (Å²) < 4.78 is 48.3. The molecule has 1 fully saturated rings. The third kappa shape index (κ3) is 6.31. The number of halogens is 1. The highest BCUT2D eigenvalue weighted by molar-refractivity contribution is 7.89. The summed E-state index contributed by atoms with van der Waals surface area (Å²) >= 11 is 0. The molecule has 0 spiro atoms. The lowest BCUT2D eigenvalue weighted by atomic mass is 9.97. The van der Waals surface area contributed by atoms with Crippen LogP contribution in [0.3, 0.4) is 0 Å². The van der Waals surface area contributed by atoms with E-state index in [4.69, 9.17) is 4.74 Å². The van der Waals surface area contributed by atoms with Crippen LogP contribution in [-0.2, 0) is 10.0 Å². The average Bonchev–Trinajstić information content (AvgIpc) is 3.64. The van der Waals surface area contributed by atoms with Crippen molar-refractivity contribution >= 4 is 21.8 Å². The van der Waals surface area contributed by atoms with E-state index in [-0.39, 0.29) is 35.8 Å². The first kappa shape index (κ1) is 26.3. The van der Waals surface area contributed by atoms with E-state index in [1.165, 1.54) is 11.0 Å². The molecule has 1 unspecified atom stereocenters. The molecule has 7 nitrogen and oxygen atoms in total. The molecule has 0 bridgehead atoms. The van der Waals surface area contributed by atoms with E-state index in [9.17, 15) is 22.4 Å². The predicted molar refractivity (Wildman–Crippen MR) is 135 cm³/mol. The standard InChI is InChI=1S/C27H33FN2O5S/c1-18(2)25(20-12-13-23(28)24(16-20)35-17-19-10-11-19)29-36(33,34)15-7-3-6-14-30-26(31)21-8-4-5-9-22(21)27(30)32/h4-5,8-9,12-13,16,18-19,25,29H,3,6-7,10-11,14-15,17H2,1-2H3. The number of unbranched alkanes of at least 4 members (excludes halogenated alkanes) is 2. The van der Waals surface area contributed by atoms with Gasteiger partial charge in [-0.3, -0.25) is 14.5 Å². The van der Waals surface area contributed by atoms with Crippen LogP contribution in [0.15, 0.2) is 42.5 Å². The predicted octanol–water partition coefficient (Wildman–Crippen LogP) is 4.70. The number of amides is 2. The molecular formula is C27H33FN2O5S. The molecule has 1 saturated carbocycles. The van der Waals surface area contributed by atoms with Gasteiger partial charge in [-0.15, -0.1) is 0 Å². The summed E-state index contributed by atoms with van der Waals surface area (Å²) in [5.74, 6) is -0.571. The minimum absolute atomic E-state index is 0.0599. The molecule has 2 aromatic rings. The van der Waals surface area contributed by atoms with Gasteiger partial charge in [-0.1, -0.05) is 38.5 Å². The topological polar surface area (TPSA) is 92.8 Å². The van der Waals surface area contributed by atoms with Crippen molar-refractivity contribution < 1.29 is 27.1 Å². The number of carbonyl (C=O) groups is 2. The number of hydrogen-bond acceptors (Lipinski definition) is 5. The Kier molecular flexibility index (Phi) is 8.10. The van der Waals surface area contributed by atoms with Gasteiger partial charge in [0.15, 0.2) is 11.6 Å². The van der Waals surface area contributed by atoms with Crippen molar-refractivity contribution in [3.8, 4) is 5.75 Å². The highest BCUT2D eigenvalue weighted by Crippen LogP contribution is 2.32. The van der Waals surface area contributed by atoms with Crippen LogP contribution in [0.25, 0.3) is 0 Å². The Bertz CT molecular complexity index is 1190. The minimum Gasteiger partial charge on any atom is -0.490 e. The molecule has 9 heteroatoms. The number of imide groups is 1. The van der Waals surface area contributed by atoms with E-state index in [1.807, 2.05) is 13.8 Å². The minimum atomic E-state index is -3.61. The molecular weight excluding hydrogens is 483 g/mol. The van der Waals surface area contributed by atoms with Crippen molar-refractivity contribution in [2.24, 2.45) is 11.8 Å². The molecule has 1 heterocycles. The summed E-state index contributed by atoms with van der Waals surface area (Å²) in [6, 6.07) is 10.7. The molecule has 2 aromatic carbocycles. The number of benzene rings is 2. The zero-order valence-electron chi connectivity index (χ0n) is 20.7. The number of ether oxygens (including phenoxy) is 1. The van der Waals surface area contributed by atoms with E-state index in [0.29, 0.717) is 48.5 Å². The summed E-state index contributed by atoms with van der Waals surface area (Å²) in [5.41, 5.74) is 1.48. The summed E-state index contributed by atoms with van der Waals surface area (Å²) in [6.07, 6.45) is 3.65. The Morgan fingerprint density at radius 2 is 1.69 bits per heavy atom. The number of rotatable bonds is 13. The van der Waals surface area contributed by atoms with Gasteiger partial charge in [0.05, 0.1) is 23.5 Å². The molecule has 36 heavy (non-hydrogen) atoms. The first-order valence-corrected chi connectivity index (χ1v) is 14.2. The summed E-state index contributed by atoms with van der Waals surface area (Å²) in [7, 11) is -3.61. The van der Waals surface area contributed by atoms with Crippen molar-refractivity contribution in [1.82, 2.24) is 9.62 Å². The lowest BCUT2D eigenvalue weighted by Crippen LogP contribution is -2.33. The molecule has 2 amide bonds. The monoisotopic (exact) mass is 516 g/mol. The van der Waals surface area contributed by atoms with Gasteiger partial charge in [-0.05, 0) is 67.3 Å². The second-order valence-corrected chi connectivity index (χ2v) is 11.8. The van der Waals surface area contributed by atoms with Crippen LogP contribution in [-0.4, -0.2) is 44.0 Å². The fraction of sp³-hybridized carbons (Fsp3) is 0.481. The van der Waals surface area contributed by atoms with Gasteiger partial charge in [0, 0.05) is 12.6 Å². The Morgan fingerprint density at radius 1 is 1.03 bits per heavy atom. The van der Waals surface area contributed by atoms with Crippen LogP contribution in [0.4, 0.5) is 4.39 Å². The lowest BCUT2D eigenvalue weighted by Gasteiger charge is -2.23. The SMILES string of the molecule is CC(C)C(NS(=O)(=O)CCCCCN1C(=O)c2ccccc2C1=O)c1ccc(F)c(OCC2CC2)c1. The van der Waals surface area contributed by atoms with Crippen LogP contribution >= 0.6 is 0 Å². The van der Waals surface area contributed by atoms with Crippen LogP contribution in [0.1, 0.15) is 78.3 Å². The number of carbonyl (C=O) groups excluding carboxylic acids is 2. The van der Waals surface area contributed by atoms with Gasteiger partial charge < -0.3 is 4.74 Å². The summed E-state index contributed by atoms with van der Waals surface area (Å²) in [5, 5.41) is 0. The molecule has 2 aliphatic rings. The number of fused-ring (bicyclic) bond motifs is 1. The molecule has 194 valence electrons. The average molecular weight is 517 g/mol. The molecule has 0 aromatic heterocycles. The number of nitrogens with zero attached hydrogens (tertiary/aromatic N) is 1. The summed E-state index contributed by atoms with van der Waals surface area (Å²) in [4.78, 5) is 26.1. The smallest absolute Gasteiger partial charge is 0.261 e. The lowest BCUT2D eigenvalue weighted by molar-refractivity contribution is 0.0651. The van der Waals surface area contributed by atoms with Gasteiger partial charge in [-0.25, -0.2) is 17.5 Å². The Labute approximate surface area is 212 Å². The third-order valence-electron chi connectivity index (χ3n) is 6.63. The first-order chi connectivity index (χ1) is 17.2. The van der Waals surface area contributed by atoms with Gasteiger partial charge in [0.1, 0.15) is 0 Å². The number of nitrogens with one attached hydrogen (secondary N) is 1. The Balaban J connectivity index is 1.28. The Hall–Kier alpha value is -2.78. The van der Waals surface area contributed by atoms with E-state index in [2.05, 4.69) is 4.72 Å². The van der Waals surface area contributed by atoms with Crippen LogP contribution in [0.5, 0.6) is 5.75 Å². The van der Waals surface area contributed by atoms with Gasteiger partial charge in [-0.2, -0.15) is 0 Å². The molecule has 1 N–H and O–H groups in total. The zero-order chi connectivity index (χ0) is 25.9. The van der Waals surface area contributed by atoms with Crippen molar-refractivity contribution in [1.29, 1.82) is 0 Å². The second-order valence-electron chi connectivity index (χ2n) is 9.97. The molecule has 1 atom stereocenters. The molecule has 4 rings (SSSR count). The first-order valence-electron chi connectivity index (χ1n) is 12.5. The van der Waals surface area contributed by atoms with Crippen molar-refractivity contribution in [3.63, 3.8) is 0 Å². The maximum absolute atomic E-state index is 14.2. The number of sulfonamides is 1. The second kappa shape index (κ2) is 11.1. The van der Waals surface area contributed by atoms with E-state index >= 15 is 0 Å². The highest BCUT2D eigenvalue weighted by atomic mass is 32.2. The molecule has 0 radical (unpaired) electrons. The fourth-order valence-electron chi connectivity index (χ4n) is 4.34. The quantitative estimate of drug-likeness (QED) is 0.308. The normalized spacial score (nSPS) is 16.5. The fourth-order valence-corrected chi connectivity index (χ4v) is 5.84. The van der Waals surface area contributed by atoms with Gasteiger partial charge in [0.25, 0.3) is 11.8 Å². The third-order valence-corrected chi connectivity index (χ3v) is 8.07. The summed E-state index contributed by atoms with van der Waals surface area (Å²) in [6.45, 7) is 4.54. The van der Waals surface area contributed by atoms with E-state index < -0.39 is 21.9 Å². The largest absolute Gasteiger partial charge is 0.490 e. The maximum Gasteiger partial charge on any atom is 0.261 e. The van der Waals surface area contributed by atoms with E-state index in [1.54, 1.807) is 36.4 Å². The molecule has 1 aliphatic carbocycles. The maximum atomic E-state index is 14.2. The Morgan fingerprint density at radius 3 is 2.31 bits per heavy atom. The molecule has 1 aliphatic heterocycles. The van der Waals surface area contributed by atoms with Crippen molar-refractivity contribution in [3.05, 3.63) is 65.0 Å². The van der Waals surface area contributed by atoms with Crippen molar-refractivity contribution in [2.45, 2.75) is 52.0 Å². The van der Waals surface area contributed by atoms with Crippen LogP contribution in [0, 0.1) is 17.7 Å². The van der Waals surface area contributed by atoms with Gasteiger partial charge >= 0.3 is 0 Å².